The fourth-order valence-corrected chi connectivity index (χ4v) is 4.50. The molecule has 6 heteroatoms. The predicted octanol–water partition coefficient (Wildman–Crippen LogP) is 3.01. The van der Waals surface area contributed by atoms with Gasteiger partial charge in [-0.25, -0.2) is 4.98 Å². The molecule has 0 saturated carbocycles. The fraction of sp³-hybridized carbons (Fsp3) is 0.500. The lowest BCUT2D eigenvalue weighted by Crippen LogP contribution is -2.44. The Morgan fingerprint density at radius 1 is 1.13 bits per heavy atom. The minimum absolute atomic E-state index is 0.410. The molecule has 2 aliphatic heterocycles. The van der Waals surface area contributed by atoms with Gasteiger partial charge < -0.3 is 15.5 Å². The van der Waals surface area contributed by atoms with Crippen LogP contribution >= 0.6 is 0 Å². The van der Waals surface area contributed by atoms with Crippen molar-refractivity contribution in [1.29, 1.82) is 0 Å². The average Bonchev–Trinajstić information content (AvgIpc) is 3.42. The predicted molar refractivity (Wildman–Crippen MR) is 124 cm³/mol. The van der Waals surface area contributed by atoms with Crippen molar-refractivity contribution in [1.82, 2.24) is 20.5 Å². The Morgan fingerprint density at radius 3 is 2.70 bits per heavy atom. The number of aliphatic imine (C=N–C) groups is 1. The van der Waals surface area contributed by atoms with Gasteiger partial charge in [0.2, 0.25) is 0 Å². The SMILES string of the molecule is CN=C(NCc1ccnc(N2CCCC2)c1)NC1CC(C)N(Cc2ccccc2)C1. The molecule has 2 N–H and O–H groups in total. The highest BCUT2D eigenvalue weighted by molar-refractivity contribution is 5.80. The fourth-order valence-electron chi connectivity index (χ4n) is 4.50. The van der Waals surface area contributed by atoms with Crippen molar-refractivity contribution in [2.75, 3.05) is 31.6 Å². The van der Waals surface area contributed by atoms with Gasteiger partial charge in [-0.05, 0) is 49.4 Å². The molecule has 0 spiro atoms. The molecule has 2 aromatic rings. The zero-order valence-corrected chi connectivity index (χ0v) is 18.2. The van der Waals surface area contributed by atoms with Gasteiger partial charge >= 0.3 is 0 Å². The monoisotopic (exact) mass is 406 g/mol. The molecule has 0 bridgehead atoms. The molecule has 2 fully saturated rings. The first-order valence-corrected chi connectivity index (χ1v) is 11.2. The number of anilines is 1. The van der Waals surface area contributed by atoms with Crippen LogP contribution in [-0.4, -0.2) is 54.6 Å². The van der Waals surface area contributed by atoms with Crippen molar-refractivity contribution in [2.45, 2.75) is 51.4 Å². The van der Waals surface area contributed by atoms with Crippen LogP contribution < -0.4 is 15.5 Å². The second-order valence-electron chi connectivity index (χ2n) is 8.48. The minimum atomic E-state index is 0.410. The van der Waals surface area contributed by atoms with E-state index in [0.29, 0.717) is 12.1 Å². The summed E-state index contributed by atoms with van der Waals surface area (Å²) >= 11 is 0. The van der Waals surface area contributed by atoms with Gasteiger partial charge in [0, 0.05) is 58.1 Å². The summed E-state index contributed by atoms with van der Waals surface area (Å²) in [6.07, 6.45) is 5.58. The summed E-state index contributed by atoms with van der Waals surface area (Å²) in [6.45, 7) is 7.34. The minimum Gasteiger partial charge on any atom is -0.357 e. The second-order valence-corrected chi connectivity index (χ2v) is 8.48. The molecule has 160 valence electrons. The van der Waals surface area contributed by atoms with Gasteiger partial charge in [0.25, 0.3) is 0 Å². The molecular formula is C24H34N6. The smallest absolute Gasteiger partial charge is 0.191 e. The van der Waals surface area contributed by atoms with Crippen LogP contribution in [0.2, 0.25) is 0 Å². The number of nitrogens with one attached hydrogen (secondary N) is 2. The number of rotatable bonds is 6. The Labute approximate surface area is 180 Å². The van der Waals surface area contributed by atoms with Gasteiger partial charge in [-0.3, -0.25) is 9.89 Å². The summed E-state index contributed by atoms with van der Waals surface area (Å²) in [6, 6.07) is 16.0. The van der Waals surface area contributed by atoms with E-state index >= 15 is 0 Å². The van der Waals surface area contributed by atoms with Crippen LogP contribution in [0.25, 0.3) is 0 Å². The van der Waals surface area contributed by atoms with Crippen LogP contribution in [0.1, 0.15) is 37.3 Å². The van der Waals surface area contributed by atoms with Crippen LogP contribution in [-0.2, 0) is 13.1 Å². The molecule has 2 atom stereocenters. The Kier molecular flexibility index (Phi) is 6.84. The van der Waals surface area contributed by atoms with Crippen LogP contribution in [0.5, 0.6) is 0 Å². The lowest BCUT2D eigenvalue weighted by molar-refractivity contribution is 0.258. The second kappa shape index (κ2) is 9.94. The van der Waals surface area contributed by atoms with Gasteiger partial charge in [0.05, 0.1) is 0 Å². The van der Waals surface area contributed by atoms with Crippen LogP contribution in [0.4, 0.5) is 5.82 Å². The molecule has 2 saturated heterocycles. The highest BCUT2D eigenvalue weighted by atomic mass is 15.3. The van der Waals surface area contributed by atoms with E-state index in [2.05, 4.69) is 79.8 Å². The standard InChI is InChI=1S/C24H34N6/c1-19-14-22(18-30(19)17-20-8-4-3-5-9-20)28-24(25-2)27-16-21-10-11-26-23(15-21)29-12-6-7-13-29/h3-5,8-11,15,19,22H,6-7,12-14,16-18H2,1-2H3,(H2,25,27,28). The highest BCUT2D eigenvalue weighted by Crippen LogP contribution is 2.21. The topological polar surface area (TPSA) is 55.8 Å². The molecule has 2 aliphatic rings. The average molecular weight is 407 g/mol. The summed E-state index contributed by atoms with van der Waals surface area (Å²) in [7, 11) is 1.84. The molecule has 0 aliphatic carbocycles. The van der Waals surface area contributed by atoms with Gasteiger partial charge in [-0.2, -0.15) is 0 Å². The summed E-state index contributed by atoms with van der Waals surface area (Å²) in [5.74, 6) is 1.96. The molecule has 2 unspecified atom stereocenters. The molecule has 4 rings (SSSR count). The molecular weight excluding hydrogens is 372 g/mol. The number of aromatic nitrogens is 1. The Balaban J connectivity index is 1.28. The van der Waals surface area contributed by atoms with Crippen LogP contribution in [0.3, 0.4) is 0 Å². The largest absolute Gasteiger partial charge is 0.357 e. The zero-order valence-electron chi connectivity index (χ0n) is 18.2. The Morgan fingerprint density at radius 2 is 1.93 bits per heavy atom. The van der Waals surface area contributed by atoms with Crippen molar-refractivity contribution in [2.24, 2.45) is 4.99 Å². The number of benzene rings is 1. The van der Waals surface area contributed by atoms with Crippen molar-refractivity contribution < 1.29 is 0 Å². The number of hydrogen-bond acceptors (Lipinski definition) is 4. The van der Waals surface area contributed by atoms with Crippen molar-refractivity contribution in [3.05, 3.63) is 59.8 Å². The molecule has 3 heterocycles. The summed E-state index contributed by atoms with van der Waals surface area (Å²) in [4.78, 5) is 13.9. The lowest BCUT2D eigenvalue weighted by Gasteiger charge is -2.21. The maximum Gasteiger partial charge on any atom is 0.191 e. The van der Waals surface area contributed by atoms with Gasteiger partial charge in [0.1, 0.15) is 5.82 Å². The first kappa shape index (κ1) is 20.7. The third-order valence-corrected chi connectivity index (χ3v) is 6.20. The summed E-state index contributed by atoms with van der Waals surface area (Å²) in [5.41, 5.74) is 2.61. The number of pyridine rings is 1. The lowest BCUT2D eigenvalue weighted by atomic mass is 10.2. The van der Waals surface area contributed by atoms with Crippen LogP contribution in [0, 0.1) is 0 Å². The molecule has 1 aromatic heterocycles. The number of nitrogens with zero attached hydrogens (tertiary/aromatic N) is 4. The van der Waals surface area contributed by atoms with E-state index in [-0.39, 0.29) is 0 Å². The molecule has 6 nitrogen and oxygen atoms in total. The summed E-state index contributed by atoms with van der Waals surface area (Å²) < 4.78 is 0. The molecule has 0 amide bonds. The molecule has 0 radical (unpaired) electrons. The van der Waals surface area contributed by atoms with E-state index in [1.54, 1.807) is 0 Å². The Bertz CT molecular complexity index is 831. The van der Waals surface area contributed by atoms with Crippen LogP contribution in [0.15, 0.2) is 53.7 Å². The number of likely N-dealkylation sites (tertiary alicyclic amines) is 1. The van der Waals surface area contributed by atoms with Crippen molar-refractivity contribution in [3.63, 3.8) is 0 Å². The third kappa shape index (κ3) is 5.30. The van der Waals surface area contributed by atoms with Gasteiger partial charge in [-0.15, -0.1) is 0 Å². The maximum atomic E-state index is 4.55. The van der Waals surface area contributed by atoms with E-state index in [0.717, 1.165) is 50.9 Å². The zero-order chi connectivity index (χ0) is 20.8. The first-order valence-electron chi connectivity index (χ1n) is 11.2. The quantitative estimate of drug-likeness (QED) is 0.571. The number of hydrogen-bond donors (Lipinski definition) is 2. The van der Waals surface area contributed by atoms with E-state index in [1.807, 2.05) is 13.2 Å². The molecule has 1 aromatic carbocycles. The highest BCUT2D eigenvalue weighted by Gasteiger charge is 2.29. The third-order valence-electron chi connectivity index (χ3n) is 6.20. The van der Waals surface area contributed by atoms with E-state index in [1.165, 1.54) is 24.0 Å². The Hall–Kier alpha value is -2.60. The van der Waals surface area contributed by atoms with E-state index < -0.39 is 0 Å². The van der Waals surface area contributed by atoms with Gasteiger partial charge in [-0.1, -0.05) is 30.3 Å². The van der Waals surface area contributed by atoms with Gasteiger partial charge in [0.15, 0.2) is 5.96 Å². The summed E-state index contributed by atoms with van der Waals surface area (Å²) in [5, 5.41) is 7.11. The van der Waals surface area contributed by atoms with Crippen molar-refractivity contribution >= 4 is 11.8 Å². The normalized spacial score (nSPS) is 22.5. The molecule has 30 heavy (non-hydrogen) atoms. The van der Waals surface area contributed by atoms with E-state index in [4.69, 9.17) is 0 Å². The number of guanidine groups is 1. The maximum absolute atomic E-state index is 4.55. The van der Waals surface area contributed by atoms with Crippen molar-refractivity contribution in [3.8, 4) is 0 Å². The first-order chi connectivity index (χ1) is 14.7. The van der Waals surface area contributed by atoms with E-state index in [9.17, 15) is 0 Å².